The third kappa shape index (κ3) is 3.56. The average molecular weight is 234 g/mol. The molecule has 0 aromatic heterocycles. The highest BCUT2D eigenvalue weighted by Gasteiger charge is 2.19. The van der Waals surface area contributed by atoms with Crippen molar-refractivity contribution in [2.24, 2.45) is 5.73 Å². The molecule has 0 unspecified atom stereocenters. The van der Waals surface area contributed by atoms with E-state index in [1.54, 1.807) is 0 Å². The number of hydrogen-bond donors (Lipinski definition) is 2. The van der Waals surface area contributed by atoms with Crippen LogP contribution in [0, 0.1) is 0 Å². The molecule has 1 aromatic rings. The van der Waals surface area contributed by atoms with Crippen LogP contribution in [0.2, 0.25) is 0 Å². The van der Waals surface area contributed by atoms with Crippen molar-refractivity contribution in [3.05, 3.63) is 29.8 Å². The van der Waals surface area contributed by atoms with Crippen LogP contribution >= 0.6 is 0 Å². The van der Waals surface area contributed by atoms with E-state index in [0.717, 1.165) is 11.3 Å². The highest BCUT2D eigenvalue weighted by Crippen LogP contribution is 2.29. The molecule has 0 aliphatic rings. The van der Waals surface area contributed by atoms with Gasteiger partial charge in [0, 0.05) is 5.69 Å². The topological polar surface area (TPSA) is 55.1 Å². The van der Waals surface area contributed by atoms with E-state index in [4.69, 9.17) is 5.73 Å². The SMILES string of the molecule is CC[C@@H](N)C(=O)Nc1ccccc1C(C)(C)C. The molecular formula is C14H22N2O. The molecule has 0 radical (unpaired) electrons. The quantitative estimate of drug-likeness (QED) is 0.844. The number of nitrogens with two attached hydrogens (primary N) is 1. The highest BCUT2D eigenvalue weighted by molar-refractivity contribution is 5.95. The van der Waals surface area contributed by atoms with Gasteiger partial charge in [0.2, 0.25) is 5.91 Å². The molecule has 1 rings (SSSR count). The maximum Gasteiger partial charge on any atom is 0.241 e. The summed E-state index contributed by atoms with van der Waals surface area (Å²) in [7, 11) is 0. The molecule has 0 aliphatic carbocycles. The van der Waals surface area contributed by atoms with E-state index in [2.05, 4.69) is 26.1 Å². The summed E-state index contributed by atoms with van der Waals surface area (Å²) in [5.41, 5.74) is 7.69. The summed E-state index contributed by atoms with van der Waals surface area (Å²) in [5.74, 6) is -0.121. The van der Waals surface area contributed by atoms with E-state index in [1.807, 2.05) is 31.2 Å². The summed E-state index contributed by atoms with van der Waals surface area (Å²) >= 11 is 0. The zero-order chi connectivity index (χ0) is 13.1. The maximum absolute atomic E-state index is 11.8. The third-order valence-corrected chi connectivity index (χ3v) is 2.77. The minimum absolute atomic E-state index is 0.000182. The molecule has 3 heteroatoms. The van der Waals surface area contributed by atoms with Crippen molar-refractivity contribution in [1.29, 1.82) is 0 Å². The van der Waals surface area contributed by atoms with E-state index < -0.39 is 6.04 Å². The van der Waals surface area contributed by atoms with Crippen LogP contribution < -0.4 is 11.1 Å². The number of para-hydroxylation sites is 1. The second kappa shape index (κ2) is 5.32. The van der Waals surface area contributed by atoms with Gasteiger partial charge in [0.15, 0.2) is 0 Å². The van der Waals surface area contributed by atoms with Gasteiger partial charge in [-0.3, -0.25) is 4.79 Å². The number of benzene rings is 1. The van der Waals surface area contributed by atoms with Crippen LogP contribution in [0.4, 0.5) is 5.69 Å². The van der Waals surface area contributed by atoms with Gasteiger partial charge in [-0.15, -0.1) is 0 Å². The Hall–Kier alpha value is -1.35. The molecule has 0 bridgehead atoms. The molecule has 3 N–H and O–H groups in total. The summed E-state index contributed by atoms with van der Waals surface area (Å²) in [6, 6.07) is 7.41. The van der Waals surface area contributed by atoms with Gasteiger partial charge >= 0.3 is 0 Å². The minimum Gasteiger partial charge on any atom is -0.324 e. The number of rotatable bonds is 3. The Balaban J connectivity index is 2.96. The Kier molecular flexibility index (Phi) is 4.29. The van der Waals surface area contributed by atoms with Crippen LogP contribution in [0.15, 0.2) is 24.3 Å². The van der Waals surface area contributed by atoms with Gasteiger partial charge in [-0.25, -0.2) is 0 Å². The molecule has 0 aliphatic heterocycles. The Morgan fingerprint density at radius 2 is 1.94 bits per heavy atom. The molecule has 1 atom stereocenters. The molecule has 3 nitrogen and oxygen atoms in total. The van der Waals surface area contributed by atoms with Crippen LogP contribution in [0.1, 0.15) is 39.7 Å². The summed E-state index contributed by atoms with van der Waals surface area (Å²) in [5, 5.41) is 2.90. The van der Waals surface area contributed by atoms with E-state index >= 15 is 0 Å². The largest absolute Gasteiger partial charge is 0.324 e. The Morgan fingerprint density at radius 3 is 2.47 bits per heavy atom. The predicted octanol–water partition coefficient (Wildman–Crippen LogP) is 2.66. The summed E-state index contributed by atoms with van der Waals surface area (Å²) in [6.07, 6.45) is 0.642. The fourth-order valence-electron chi connectivity index (χ4n) is 1.66. The average Bonchev–Trinajstić information content (AvgIpc) is 2.27. The van der Waals surface area contributed by atoms with Crippen molar-refractivity contribution >= 4 is 11.6 Å². The van der Waals surface area contributed by atoms with E-state index in [0.29, 0.717) is 6.42 Å². The van der Waals surface area contributed by atoms with Crippen molar-refractivity contribution in [2.75, 3.05) is 5.32 Å². The standard InChI is InChI=1S/C14H22N2O/c1-5-11(15)13(17)16-12-9-7-6-8-10(12)14(2,3)4/h6-9,11H,5,15H2,1-4H3,(H,16,17)/t11-/m1/s1. The first-order valence-corrected chi connectivity index (χ1v) is 6.02. The smallest absolute Gasteiger partial charge is 0.241 e. The first kappa shape index (κ1) is 13.7. The van der Waals surface area contributed by atoms with Crippen LogP contribution in [0.3, 0.4) is 0 Å². The van der Waals surface area contributed by atoms with E-state index in [1.165, 1.54) is 0 Å². The first-order valence-electron chi connectivity index (χ1n) is 6.02. The lowest BCUT2D eigenvalue weighted by atomic mass is 9.86. The van der Waals surface area contributed by atoms with Gasteiger partial charge in [0.05, 0.1) is 6.04 Å². The number of amides is 1. The Bertz CT molecular complexity index is 393. The van der Waals surface area contributed by atoms with Gasteiger partial charge < -0.3 is 11.1 Å². The molecule has 17 heavy (non-hydrogen) atoms. The van der Waals surface area contributed by atoms with Gasteiger partial charge in [0.25, 0.3) is 0 Å². The highest BCUT2D eigenvalue weighted by atomic mass is 16.2. The second-order valence-electron chi connectivity index (χ2n) is 5.30. The lowest BCUT2D eigenvalue weighted by Crippen LogP contribution is -2.35. The van der Waals surface area contributed by atoms with Crippen molar-refractivity contribution in [3.63, 3.8) is 0 Å². The Labute approximate surface area is 103 Å². The number of hydrogen-bond acceptors (Lipinski definition) is 2. The fraction of sp³-hybridized carbons (Fsp3) is 0.500. The van der Waals surface area contributed by atoms with Crippen molar-refractivity contribution < 1.29 is 4.79 Å². The molecule has 0 saturated heterocycles. The number of carbonyl (C=O) groups is 1. The second-order valence-corrected chi connectivity index (χ2v) is 5.30. The van der Waals surface area contributed by atoms with E-state index in [-0.39, 0.29) is 11.3 Å². The molecule has 1 amide bonds. The van der Waals surface area contributed by atoms with Crippen molar-refractivity contribution in [2.45, 2.75) is 45.6 Å². The van der Waals surface area contributed by atoms with Crippen LogP contribution in [-0.2, 0) is 10.2 Å². The summed E-state index contributed by atoms with van der Waals surface area (Å²) in [4.78, 5) is 11.8. The third-order valence-electron chi connectivity index (χ3n) is 2.77. The number of nitrogens with one attached hydrogen (secondary N) is 1. The minimum atomic E-state index is -0.442. The number of carbonyl (C=O) groups excluding carboxylic acids is 1. The lowest BCUT2D eigenvalue weighted by molar-refractivity contribution is -0.117. The van der Waals surface area contributed by atoms with Gasteiger partial charge in [-0.2, -0.15) is 0 Å². The lowest BCUT2D eigenvalue weighted by Gasteiger charge is -2.23. The van der Waals surface area contributed by atoms with Crippen molar-refractivity contribution in [1.82, 2.24) is 0 Å². The normalized spacial score (nSPS) is 13.2. The molecular weight excluding hydrogens is 212 g/mol. The van der Waals surface area contributed by atoms with Crippen LogP contribution in [0.25, 0.3) is 0 Å². The molecule has 0 fully saturated rings. The predicted molar refractivity (Wildman–Crippen MR) is 72.0 cm³/mol. The monoisotopic (exact) mass is 234 g/mol. The van der Waals surface area contributed by atoms with Gasteiger partial charge in [-0.1, -0.05) is 45.9 Å². The molecule has 0 heterocycles. The van der Waals surface area contributed by atoms with E-state index in [9.17, 15) is 4.79 Å². The summed E-state index contributed by atoms with van der Waals surface area (Å²) < 4.78 is 0. The van der Waals surface area contributed by atoms with Gasteiger partial charge in [-0.05, 0) is 23.5 Å². The number of anilines is 1. The van der Waals surface area contributed by atoms with Crippen molar-refractivity contribution in [3.8, 4) is 0 Å². The zero-order valence-electron chi connectivity index (χ0n) is 11.1. The fourth-order valence-corrected chi connectivity index (χ4v) is 1.66. The molecule has 94 valence electrons. The molecule has 0 spiro atoms. The zero-order valence-corrected chi connectivity index (χ0v) is 11.1. The van der Waals surface area contributed by atoms with Crippen LogP contribution in [-0.4, -0.2) is 11.9 Å². The molecule has 1 aromatic carbocycles. The van der Waals surface area contributed by atoms with Gasteiger partial charge in [0.1, 0.15) is 0 Å². The maximum atomic E-state index is 11.8. The van der Waals surface area contributed by atoms with Crippen LogP contribution in [0.5, 0.6) is 0 Å². The molecule has 0 saturated carbocycles. The Morgan fingerprint density at radius 1 is 1.35 bits per heavy atom. The summed E-state index contributed by atoms with van der Waals surface area (Å²) in [6.45, 7) is 8.27. The first-order chi connectivity index (χ1) is 7.86.